The van der Waals surface area contributed by atoms with Crippen molar-refractivity contribution < 1.29 is 13.9 Å². The van der Waals surface area contributed by atoms with E-state index in [9.17, 15) is 9.18 Å². The summed E-state index contributed by atoms with van der Waals surface area (Å²) in [6.45, 7) is 2.09. The second-order valence-electron chi connectivity index (χ2n) is 8.13. The molecule has 3 aromatic carbocycles. The predicted molar refractivity (Wildman–Crippen MR) is 126 cm³/mol. The number of aryl methyl sites for hydroxylation is 1. The van der Waals surface area contributed by atoms with Crippen LogP contribution in [0.15, 0.2) is 85.1 Å². The lowest BCUT2D eigenvalue weighted by Crippen LogP contribution is -2.37. The summed E-state index contributed by atoms with van der Waals surface area (Å²) in [5, 5.41) is 2.90. The Bertz CT molecular complexity index is 1310. The van der Waals surface area contributed by atoms with E-state index in [-0.39, 0.29) is 17.9 Å². The van der Waals surface area contributed by atoms with E-state index < -0.39 is 0 Å². The molecule has 1 aliphatic heterocycles. The summed E-state index contributed by atoms with van der Waals surface area (Å²) < 4.78 is 21.6. The number of carbonyl (C=O) groups excluding carboxylic acids is 1. The Kier molecular flexibility index (Phi) is 5.34. The van der Waals surface area contributed by atoms with Crippen molar-refractivity contribution in [1.29, 1.82) is 0 Å². The monoisotopic (exact) mass is 441 g/mol. The van der Waals surface area contributed by atoms with Crippen molar-refractivity contribution in [2.45, 2.75) is 19.5 Å². The van der Waals surface area contributed by atoms with Crippen LogP contribution >= 0.6 is 0 Å². The van der Waals surface area contributed by atoms with Crippen LogP contribution in [0.5, 0.6) is 5.75 Å². The van der Waals surface area contributed by atoms with Gasteiger partial charge in [-0.1, -0.05) is 36.4 Å². The highest BCUT2D eigenvalue weighted by Gasteiger charge is 2.33. The van der Waals surface area contributed by atoms with E-state index in [0.717, 1.165) is 28.3 Å². The minimum absolute atomic E-state index is 0.302. The molecular formula is C27H24FN3O2. The average Bonchev–Trinajstić information content (AvgIpc) is 3.26. The topological polar surface area (TPSA) is 46.5 Å². The molecule has 0 saturated heterocycles. The van der Waals surface area contributed by atoms with Crippen LogP contribution in [0.2, 0.25) is 0 Å². The number of aromatic nitrogens is 1. The van der Waals surface area contributed by atoms with Gasteiger partial charge in [0.2, 0.25) is 0 Å². The van der Waals surface area contributed by atoms with Gasteiger partial charge in [-0.2, -0.15) is 0 Å². The van der Waals surface area contributed by atoms with Crippen LogP contribution in [-0.2, 0) is 6.54 Å². The molecule has 0 aliphatic carbocycles. The quantitative estimate of drug-likeness (QED) is 0.419. The van der Waals surface area contributed by atoms with Gasteiger partial charge in [0.05, 0.1) is 25.4 Å². The van der Waals surface area contributed by atoms with E-state index in [4.69, 9.17) is 4.74 Å². The standard InChI is InChI=1S/C27H24FN3O2/c1-18-9-12-21(16-23(18)28)29-27(32)31-17-20-6-3-4-7-24(20)30-15-5-8-25(30)26(31)19-10-13-22(33-2)14-11-19/h3-16,26H,17H2,1-2H3,(H,29,32)/t26-/m1/s1. The van der Waals surface area contributed by atoms with Gasteiger partial charge in [-0.15, -0.1) is 0 Å². The van der Waals surface area contributed by atoms with E-state index in [1.807, 2.05) is 60.8 Å². The number of anilines is 1. The largest absolute Gasteiger partial charge is 0.497 e. The Morgan fingerprint density at radius 1 is 1.03 bits per heavy atom. The van der Waals surface area contributed by atoms with Crippen LogP contribution in [0.3, 0.4) is 0 Å². The molecule has 1 N–H and O–H groups in total. The van der Waals surface area contributed by atoms with E-state index >= 15 is 0 Å². The number of para-hydroxylation sites is 1. The van der Waals surface area contributed by atoms with Crippen LogP contribution in [-0.4, -0.2) is 22.6 Å². The number of carbonyl (C=O) groups is 1. The molecule has 4 aromatic rings. The maximum absolute atomic E-state index is 14.1. The second kappa shape index (κ2) is 8.47. The summed E-state index contributed by atoms with van der Waals surface area (Å²) in [7, 11) is 1.63. The minimum Gasteiger partial charge on any atom is -0.497 e. The fourth-order valence-electron chi connectivity index (χ4n) is 4.34. The van der Waals surface area contributed by atoms with Gasteiger partial charge in [-0.3, -0.25) is 0 Å². The van der Waals surface area contributed by atoms with Crippen molar-refractivity contribution in [2.75, 3.05) is 12.4 Å². The SMILES string of the molecule is COc1ccc([C@@H]2c3cccn3-c3ccccc3CN2C(=O)Nc2ccc(C)c(F)c2)cc1. The number of fused-ring (bicyclic) bond motifs is 3. The molecule has 5 rings (SSSR count). The molecule has 1 atom stereocenters. The zero-order valence-corrected chi connectivity index (χ0v) is 18.5. The summed E-state index contributed by atoms with van der Waals surface area (Å²) in [4.78, 5) is 15.4. The normalized spacial score (nSPS) is 14.8. The summed E-state index contributed by atoms with van der Waals surface area (Å²) in [5.74, 6) is 0.395. The summed E-state index contributed by atoms with van der Waals surface area (Å²) in [6, 6.07) is 23.9. The highest BCUT2D eigenvalue weighted by Crippen LogP contribution is 2.37. The lowest BCUT2D eigenvalue weighted by atomic mass is 10.0. The van der Waals surface area contributed by atoms with Crippen molar-refractivity contribution in [1.82, 2.24) is 9.47 Å². The molecule has 2 amide bonds. The number of amides is 2. The fraction of sp³-hybridized carbons (Fsp3) is 0.148. The van der Waals surface area contributed by atoms with Crippen molar-refractivity contribution >= 4 is 11.7 Å². The lowest BCUT2D eigenvalue weighted by Gasteiger charge is -2.31. The zero-order valence-electron chi connectivity index (χ0n) is 18.5. The predicted octanol–water partition coefficient (Wildman–Crippen LogP) is 6.07. The van der Waals surface area contributed by atoms with Gasteiger partial charge in [-0.25, -0.2) is 9.18 Å². The van der Waals surface area contributed by atoms with E-state index in [1.165, 1.54) is 6.07 Å². The molecule has 0 saturated carbocycles. The molecule has 0 spiro atoms. The van der Waals surface area contributed by atoms with Crippen LogP contribution in [0.1, 0.15) is 28.4 Å². The van der Waals surface area contributed by atoms with Crippen molar-refractivity contribution in [3.8, 4) is 11.4 Å². The molecule has 166 valence electrons. The first-order valence-corrected chi connectivity index (χ1v) is 10.8. The number of hydrogen-bond donors (Lipinski definition) is 1. The molecule has 0 fully saturated rings. The second-order valence-corrected chi connectivity index (χ2v) is 8.13. The molecule has 5 nitrogen and oxygen atoms in total. The highest BCUT2D eigenvalue weighted by atomic mass is 19.1. The molecule has 33 heavy (non-hydrogen) atoms. The molecule has 1 aromatic heterocycles. The Morgan fingerprint density at radius 2 is 1.82 bits per heavy atom. The van der Waals surface area contributed by atoms with E-state index in [0.29, 0.717) is 17.8 Å². The number of hydrogen-bond acceptors (Lipinski definition) is 2. The third-order valence-corrected chi connectivity index (χ3v) is 6.08. The van der Waals surface area contributed by atoms with Gasteiger partial charge in [0.15, 0.2) is 0 Å². The molecule has 1 aliphatic rings. The van der Waals surface area contributed by atoms with Gasteiger partial charge in [0, 0.05) is 17.6 Å². The summed E-state index contributed by atoms with van der Waals surface area (Å²) >= 11 is 0. The summed E-state index contributed by atoms with van der Waals surface area (Å²) in [6.07, 6.45) is 2.02. The van der Waals surface area contributed by atoms with E-state index in [2.05, 4.69) is 16.0 Å². The van der Waals surface area contributed by atoms with Gasteiger partial charge in [-0.05, 0) is 66.1 Å². The number of halogens is 1. The number of rotatable bonds is 3. The smallest absolute Gasteiger partial charge is 0.322 e. The van der Waals surface area contributed by atoms with Crippen LogP contribution < -0.4 is 10.1 Å². The third kappa shape index (κ3) is 3.84. The molecule has 0 unspecified atom stereocenters. The van der Waals surface area contributed by atoms with Crippen LogP contribution in [0.4, 0.5) is 14.9 Å². The first kappa shape index (κ1) is 20.8. The van der Waals surface area contributed by atoms with Gasteiger partial charge in [0.25, 0.3) is 0 Å². The molecule has 2 heterocycles. The molecule has 0 radical (unpaired) electrons. The first-order chi connectivity index (χ1) is 16.0. The number of benzene rings is 3. The molecule has 0 bridgehead atoms. The van der Waals surface area contributed by atoms with Gasteiger partial charge >= 0.3 is 6.03 Å². The van der Waals surface area contributed by atoms with Crippen LogP contribution in [0.25, 0.3) is 5.69 Å². The fourth-order valence-corrected chi connectivity index (χ4v) is 4.34. The van der Waals surface area contributed by atoms with Crippen LogP contribution in [0, 0.1) is 12.7 Å². The molecular weight excluding hydrogens is 417 g/mol. The Hall–Kier alpha value is -4.06. The Balaban J connectivity index is 1.61. The Labute approximate surface area is 192 Å². The first-order valence-electron chi connectivity index (χ1n) is 10.8. The minimum atomic E-state index is -0.353. The van der Waals surface area contributed by atoms with Crippen molar-refractivity contribution in [3.63, 3.8) is 0 Å². The number of ether oxygens (including phenoxy) is 1. The number of methoxy groups -OCH3 is 1. The zero-order chi connectivity index (χ0) is 22.9. The maximum atomic E-state index is 14.1. The third-order valence-electron chi connectivity index (χ3n) is 6.08. The van der Waals surface area contributed by atoms with Crippen molar-refractivity contribution in [2.24, 2.45) is 0 Å². The van der Waals surface area contributed by atoms with Gasteiger partial charge in [0.1, 0.15) is 11.6 Å². The maximum Gasteiger partial charge on any atom is 0.322 e. The number of nitrogens with one attached hydrogen (secondary N) is 1. The number of nitrogens with zero attached hydrogens (tertiary/aromatic N) is 2. The highest BCUT2D eigenvalue weighted by molar-refractivity contribution is 5.90. The van der Waals surface area contributed by atoms with Crippen molar-refractivity contribution in [3.05, 3.63) is 113 Å². The molecule has 6 heteroatoms. The number of urea groups is 1. The lowest BCUT2D eigenvalue weighted by molar-refractivity contribution is 0.194. The van der Waals surface area contributed by atoms with Gasteiger partial charge < -0.3 is 19.5 Å². The Morgan fingerprint density at radius 3 is 2.58 bits per heavy atom. The van der Waals surface area contributed by atoms with E-state index in [1.54, 1.807) is 31.1 Å². The summed E-state index contributed by atoms with van der Waals surface area (Å²) in [5.41, 5.74) is 4.93. The average molecular weight is 442 g/mol.